The Hall–Kier alpha value is -2.87. The molecule has 0 radical (unpaired) electrons. The first kappa shape index (κ1) is 21.4. The third kappa shape index (κ3) is 5.10. The second-order valence-corrected chi connectivity index (χ2v) is 6.13. The summed E-state index contributed by atoms with van der Waals surface area (Å²) in [5.41, 5.74) is -0.704. The van der Waals surface area contributed by atoms with Crippen molar-refractivity contribution >= 4 is 17.5 Å². The SMILES string of the molecule is CC[C@@](CNC(=O)C(=O)Nc1ccc(C(F)(F)F)cc1)(OC)c1ccccc1. The zero-order chi connectivity index (χ0) is 20.8. The molecule has 2 aromatic rings. The van der Waals surface area contributed by atoms with Crippen molar-refractivity contribution in [1.29, 1.82) is 0 Å². The van der Waals surface area contributed by atoms with Gasteiger partial charge < -0.3 is 15.4 Å². The number of rotatable bonds is 6. The van der Waals surface area contributed by atoms with Gasteiger partial charge in [0.05, 0.1) is 12.1 Å². The lowest BCUT2D eigenvalue weighted by Crippen LogP contribution is -2.45. The fourth-order valence-electron chi connectivity index (χ4n) is 2.74. The van der Waals surface area contributed by atoms with E-state index in [2.05, 4.69) is 10.6 Å². The Balaban J connectivity index is 2.00. The first-order valence-electron chi connectivity index (χ1n) is 8.59. The Kier molecular flexibility index (Phi) is 6.80. The van der Waals surface area contributed by atoms with Crippen molar-refractivity contribution in [2.75, 3.05) is 19.0 Å². The average molecular weight is 394 g/mol. The van der Waals surface area contributed by atoms with Gasteiger partial charge in [-0.2, -0.15) is 13.2 Å². The number of anilines is 1. The van der Waals surface area contributed by atoms with E-state index in [-0.39, 0.29) is 12.2 Å². The molecular weight excluding hydrogens is 373 g/mol. The minimum Gasteiger partial charge on any atom is -0.372 e. The minimum atomic E-state index is -4.47. The van der Waals surface area contributed by atoms with E-state index < -0.39 is 29.2 Å². The van der Waals surface area contributed by atoms with E-state index in [4.69, 9.17) is 4.74 Å². The fraction of sp³-hybridized carbons (Fsp3) is 0.300. The maximum Gasteiger partial charge on any atom is 0.416 e. The van der Waals surface area contributed by atoms with Crippen molar-refractivity contribution in [2.45, 2.75) is 25.1 Å². The van der Waals surface area contributed by atoms with Crippen LogP contribution in [0.2, 0.25) is 0 Å². The highest BCUT2D eigenvalue weighted by Crippen LogP contribution is 2.30. The Bertz CT molecular complexity index is 802. The Morgan fingerprint density at radius 1 is 0.929 bits per heavy atom. The Morgan fingerprint density at radius 2 is 1.54 bits per heavy atom. The van der Waals surface area contributed by atoms with Crippen molar-refractivity contribution in [3.05, 3.63) is 65.7 Å². The van der Waals surface area contributed by atoms with Crippen LogP contribution in [0.5, 0.6) is 0 Å². The number of carbonyl (C=O) groups is 2. The Labute approximate surface area is 160 Å². The normalized spacial score (nSPS) is 13.5. The van der Waals surface area contributed by atoms with Crippen LogP contribution in [0.15, 0.2) is 54.6 Å². The molecule has 1 atom stereocenters. The first-order valence-corrected chi connectivity index (χ1v) is 8.59. The summed E-state index contributed by atoms with van der Waals surface area (Å²) in [6.45, 7) is 1.95. The monoisotopic (exact) mass is 394 g/mol. The number of hydrogen-bond donors (Lipinski definition) is 2. The molecular formula is C20H21F3N2O3. The van der Waals surface area contributed by atoms with Crippen molar-refractivity contribution in [3.63, 3.8) is 0 Å². The minimum absolute atomic E-state index is 0.0588. The molecule has 5 nitrogen and oxygen atoms in total. The van der Waals surface area contributed by atoms with Gasteiger partial charge >= 0.3 is 18.0 Å². The summed E-state index contributed by atoms with van der Waals surface area (Å²) in [6.07, 6.45) is -3.92. The quantitative estimate of drug-likeness (QED) is 0.734. The molecule has 0 aliphatic heterocycles. The molecule has 0 saturated heterocycles. The number of amides is 2. The summed E-state index contributed by atoms with van der Waals surface area (Å²) in [5, 5.41) is 4.80. The third-order valence-corrected chi connectivity index (χ3v) is 4.47. The number of methoxy groups -OCH3 is 1. The molecule has 28 heavy (non-hydrogen) atoms. The summed E-state index contributed by atoms with van der Waals surface area (Å²) in [4.78, 5) is 24.2. The van der Waals surface area contributed by atoms with Crippen LogP contribution in [0.4, 0.5) is 18.9 Å². The zero-order valence-electron chi connectivity index (χ0n) is 15.5. The van der Waals surface area contributed by atoms with Crippen molar-refractivity contribution < 1.29 is 27.5 Å². The fourth-order valence-corrected chi connectivity index (χ4v) is 2.74. The van der Waals surface area contributed by atoms with Crippen molar-refractivity contribution in [2.24, 2.45) is 0 Å². The Morgan fingerprint density at radius 3 is 2.04 bits per heavy atom. The molecule has 8 heteroatoms. The average Bonchev–Trinajstić information content (AvgIpc) is 2.69. The molecule has 0 unspecified atom stereocenters. The van der Waals surface area contributed by atoms with E-state index in [1.54, 1.807) is 0 Å². The van der Waals surface area contributed by atoms with Gasteiger partial charge in [0.2, 0.25) is 0 Å². The first-order chi connectivity index (χ1) is 13.2. The van der Waals surface area contributed by atoms with Gasteiger partial charge in [-0.05, 0) is 36.2 Å². The summed E-state index contributed by atoms with van der Waals surface area (Å²) in [5.74, 6) is -1.89. The van der Waals surface area contributed by atoms with E-state index >= 15 is 0 Å². The van der Waals surface area contributed by atoms with Crippen LogP contribution in [-0.2, 0) is 26.1 Å². The smallest absolute Gasteiger partial charge is 0.372 e. The zero-order valence-corrected chi connectivity index (χ0v) is 15.5. The summed E-state index contributed by atoms with van der Waals surface area (Å²) >= 11 is 0. The van der Waals surface area contributed by atoms with Crippen LogP contribution < -0.4 is 10.6 Å². The standard InChI is InChI=1S/C20H21F3N2O3/c1-3-19(28-2,14-7-5-4-6-8-14)13-24-17(26)18(27)25-16-11-9-15(10-12-16)20(21,22)23/h4-12H,3,13H2,1-2H3,(H,24,26)(H,25,27)/t19-/m0/s1. The third-order valence-electron chi connectivity index (χ3n) is 4.47. The van der Waals surface area contributed by atoms with Gasteiger partial charge in [-0.3, -0.25) is 9.59 Å². The highest BCUT2D eigenvalue weighted by Gasteiger charge is 2.32. The lowest BCUT2D eigenvalue weighted by molar-refractivity contribution is -0.137. The maximum atomic E-state index is 12.6. The van der Waals surface area contributed by atoms with E-state index in [0.29, 0.717) is 6.42 Å². The van der Waals surface area contributed by atoms with E-state index in [0.717, 1.165) is 29.8 Å². The molecule has 0 saturated carbocycles. The second kappa shape index (κ2) is 8.88. The van der Waals surface area contributed by atoms with E-state index in [9.17, 15) is 22.8 Å². The highest BCUT2D eigenvalue weighted by molar-refractivity contribution is 6.39. The molecule has 0 heterocycles. The molecule has 0 aliphatic carbocycles. The maximum absolute atomic E-state index is 12.6. The number of benzene rings is 2. The van der Waals surface area contributed by atoms with E-state index in [1.807, 2.05) is 37.3 Å². The van der Waals surface area contributed by atoms with Gasteiger partial charge in [0.1, 0.15) is 5.60 Å². The summed E-state index contributed by atoms with van der Waals surface area (Å²) < 4.78 is 43.3. The number of carbonyl (C=O) groups excluding carboxylic acids is 2. The number of nitrogens with one attached hydrogen (secondary N) is 2. The number of halogens is 3. The molecule has 0 fully saturated rings. The molecule has 0 spiro atoms. The largest absolute Gasteiger partial charge is 0.416 e. The topological polar surface area (TPSA) is 67.4 Å². The second-order valence-electron chi connectivity index (χ2n) is 6.13. The van der Waals surface area contributed by atoms with Gasteiger partial charge in [0.25, 0.3) is 0 Å². The summed E-state index contributed by atoms with van der Waals surface area (Å²) in [7, 11) is 1.52. The number of ether oxygens (including phenoxy) is 1. The van der Waals surface area contributed by atoms with Gasteiger partial charge in [-0.25, -0.2) is 0 Å². The van der Waals surface area contributed by atoms with Crippen LogP contribution in [-0.4, -0.2) is 25.5 Å². The van der Waals surface area contributed by atoms with Gasteiger partial charge in [0, 0.05) is 12.8 Å². The van der Waals surface area contributed by atoms with Crippen molar-refractivity contribution in [3.8, 4) is 0 Å². The predicted octanol–water partition coefficient (Wildman–Crippen LogP) is 3.71. The molecule has 2 aromatic carbocycles. The molecule has 0 aliphatic rings. The van der Waals surface area contributed by atoms with Crippen LogP contribution in [0.3, 0.4) is 0 Å². The van der Waals surface area contributed by atoms with Crippen LogP contribution in [0, 0.1) is 0 Å². The van der Waals surface area contributed by atoms with Gasteiger partial charge in [0.15, 0.2) is 0 Å². The van der Waals surface area contributed by atoms with Gasteiger partial charge in [-0.15, -0.1) is 0 Å². The lowest BCUT2D eigenvalue weighted by atomic mass is 9.90. The molecule has 2 amide bonds. The molecule has 0 bridgehead atoms. The van der Waals surface area contributed by atoms with E-state index in [1.165, 1.54) is 7.11 Å². The predicted molar refractivity (Wildman–Crippen MR) is 98.5 cm³/mol. The molecule has 2 rings (SSSR count). The van der Waals surface area contributed by atoms with Gasteiger partial charge in [-0.1, -0.05) is 37.3 Å². The number of hydrogen-bond acceptors (Lipinski definition) is 3. The number of alkyl halides is 3. The van der Waals surface area contributed by atoms with Crippen LogP contribution in [0.1, 0.15) is 24.5 Å². The highest BCUT2D eigenvalue weighted by atomic mass is 19.4. The molecule has 150 valence electrons. The van der Waals surface area contributed by atoms with Crippen LogP contribution in [0.25, 0.3) is 0 Å². The summed E-state index contributed by atoms with van der Waals surface area (Å²) in [6, 6.07) is 13.1. The lowest BCUT2D eigenvalue weighted by Gasteiger charge is -2.32. The van der Waals surface area contributed by atoms with Crippen molar-refractivity contribution in [1.82, 2.24) is 5.32 Å². The van der Waals surface area contributed by atoms with Crippen LogP contribution >= 0.6 is 0 Å². The molecule has 2 N–H and O–H groups in total. The molecule has 0 aromatic heterocycles.